The molecule has 0 aliphatic rings. The van der Waals surface area contributed by atoms with Gasteiger partial charge >= 0.3 is 0 Å². The van der Waals surface area contributed by atoms with Crippen LogP contribution in [0.1, 0.15) is 5.56 Å². The zero-order valence-corrected chi connectivity index (χ0v) is 13.1. The molecule has 2 rings (SSSR count). The number of hydrogen-bond donors (Lipinski definition) is 1. The number of ether oxygens (including phenoxy) is 1. The first-order valence-electron chi connectivity index (χ1n) is 5.96. The van der Waals surface area contributed by atoms with E-state index in [0.717, 1.165) is 0 Å². The summed E-state index contributed by atoms with van der Waals surface area (Å²) in [7, 11) is 0. The van der Waals surface area contributed by atoms with Gasteiger partial charge in [-0.25, -0.2) is 0 Å². The molecular formula is C15H10BrClN2O2. The SMILES string of the molecule is N#Cc1ccc(OCC(=O)Nc2ccc(Cl)cc2Br)cc1. The number of rotatable bonds is 4. The van der Waals surface area contributed by atoms with Crippen molar-refractivity contribution in [1.29, 1.82) is 5.26 Å². The van der Waals surface area contributed by atoms with E-state index in [1.165, 1.54) is 0 Å². The van der Waals surface area contributed by atoms with Gasteiger partial charge in [-0.15, -0.1) is 0 Å². The van der Waals surface area contributed by atoms with Gasteiger partial charge in [-0.1, -0.05) is 11.6 Å². The minimum Gasteiger partial charge on any atom is -0.484 e. The van der Waals surface area contributed by atoms with Gasteiger partial charge in [0.1, 0.15) is 5.75 Å². The van der Waals surface area contributed by atoms with Gasteiger partial charge in [0.05, 0.1) is 17.3 Å². The fraction of sp³-hybridized carbons (Fsp3) is 0.0667. The van der Waals surface area contributed by atoms with Gasteiger partial charge in [0, 0.05) is 9.50 Å². The van der Waals surface area contributed by atoms with Crippen LogP contribution in [0.3, 0.4) is 0 Å². The van der Waals surface area contributed by atoms with E-state index in [-0.39, 0.29) is 12.5 Å². The van der Waals surface area contributed by atoms with E-state index < -0.39 is 0 Å². The van der Waals surface area contributed by atoms with Crippen molar-refractivity contribution in [2.75, 3.05) is 11.9 Å². The summed E-state index contributed by atoms with van der Waals surface area (Å²) in [5.41, 5.74) is 1.16. The van der Waals surface area contributed by atoms with E-state index in [4.69, 9.17) is 21.6 Å². The summed E-state index contributed by atoms with van der Waals surface area (Å²) < 4.78 is 6.04. The summed E-state index contributed by atoms with van der Waals surface area (Å²) in [5, 5.41) is 12.0. The van der Waals surface area contributed by atoms with E-state index in [0.29, 0.717) is 26.5 Å². The molecule has 0 radical (unpaired) electrons. The fourth-order valence-electron chi connectivity index (χ4n) is 1.55. The maximum absolute atomic E-state index is 11.8. The number of nitrogens with zero attached hydrogens (tertiary/aromatic N) is 1. The summed E-state index contributed by atoms with van der Waals surface area (Å²) >= 11 is 9.15. The molecule has 4 nitrogen and oxygen atoms in total. The molecule has 0 unspecified atom stereocenters. The van der Waals surface area contributed by atoms with Gasteiger partial charge < -0.3 is 10.1 Å². The largest absolute Gasteiger partial charge is 0.484 e. The highest BCUT2D eigenvalue weighted by Gasteiger charge is 2.07. The molecule has 0 heterocycles. The Bertz CT molecular complexity index is 696. The lowest BCUT2D eigenvalue weighted by Gasteiger charge is -2.09. The zero-order valence-electron chi connectivity index (χ0n) is 10.8. The molecule has 0 spiro atoms. The predicted octanol–water partition coefficient (Wildman–Crippen LogP) is 3.99. The maximum atomic E-state index is 11.8. The molecule has 0 aliphatic carbocycles. The molecule has 21 heavy (non-hydrogen) atoms. The standard InChI is InChI=1S/C15H10BrClN2O2/c16-13-7-11(17)3-6-14(13)19-15(20)9-21-12-4-1-10(8-18)2-5-12/h1-7H,9H2,(H,19,20). The van der Waals surface area contributed by atoms with Gasteiger partial charge in [0.2, 0.25) is 0 Å². The monoisotopic (exact) mass is 364 g/mol. The molecular weight excluding hydrogens is 356 g/mol. The molecule has 0 saturated heterocycles. The second-order valence-corrected chi connectivity index (χ2v) is 5.39. The first kappa shape index (κ1) is 15.4. The van der Waals surface area contributed by atoms with Crippen LogP contribution in [0.5, 0.6) is 5.75 Å². The molecule has 1 N–H and O–H groups in total. The van der Waals surface area contributed by atoms with Crippen molar-refractivity contribution in [3.8, 4) is 11.8 Å². The number of carbonyl (C=O) groups is 1. The van der Waals surface area contributed by atoms with Crippen molar-refractivity contribution in [3.05, 3.63) is 57.5 Å². The lowest BCUT2D eigenvalue weighted by Crippen LogP contribution is -2.20. The highest BCUT2D eigenvalue weighted by atomic mass is 79.9. The molecule has 1 amide bonds. The number of anilines is 1. The van der Waals surface area contributed by atoms with Crippen LogP contribution in [0.15, 0.2) is 46.9 Å². The van der Waals surface area contributed by atoms with Crippen LogP contribution in [0, 0.1) is 11.3 Å². The Balaban J connectivity index is 1.91. The molecule has 0 fully saturated rings. The molecule has 2 aromatic rings. The Morgan fingerprint density at radius 3 is 2.62 bits per heavy atom. The van der Waals surface area contributed by atoms with Gasteiger partial charge in [-0.2, -0.15) is 5.26 Å². The summed E-state index contributed by atoms with van der Waals surface area (Å²) in [5.74, 6) is 0.238. The number of benzene rings is 2. The summed E-state index contributed by atoms with van der Waals surface area (Å²) in [6.45, 7) is -0.124. The van der Waals surface area contributed by atoms with E-state index in [1.54, 1.807) is 42.5 Å². The van der Waals surface area contributed by atoms with Crippen LogP contribution in [0.4, 0.5) is 5.69 Å². The lowest BCUT2D eigenvalue weighted by atomic mass is 10.2. The van der Waals surface area contributed by atoms with Crippen LogP contribution in [0.25, 0.3) is 0 Å². The lowest BCUT2D eigenvalue weighted by molar-refractivity contribution is -0.118. The Hall–Kier alpha value is -2.03. The average molecular weight is 366 g/mol. The van der Waals surface area contributed by atoms with E-state index >= 15 is 0 Å². The number of carbonyl (C=O) groups excluding carboxylic acids is 1. The number of nitriles is 1. The topological polar surface area (TPSA) is 62.1 Å². The highest BCUT2D eigenvalue weighted by Crippen LogP contribution is 2.25. The highest BCUT2D eigenvalue weighted by molar-refractivity contribution is 9.10. The van der Waals surface area contributed by atoms with Crippen molar-refractivity contribution in [1.82, 2.24) is 0 Å². The van der Waals surface area contributed by atoms with Crippen LogP contribution in [-0.2, 0) is 4.79 Å². The number of nitrogens with one attached hydrogen (secondary N) is 1. The average Bonchev–Trinajstić information content (AvgIpc) is 2.48. The molecule has 2 aromatic carbocycles. The summed E-state index contributed by atoms with van der Waals surface area (Å²) in [4.78, 5) is 11.8. The van der Waals surface area contributed by atoms with Crippen molar-refractivity contribution in [2.24, 2.45) is 0 Å². The predicted molar refractivity (Wildman–Crippen MR) is 84.4 cm³/mol. The second kappa shape index (κ2) is 7.11. The first-order valence-corrected chi connectivity index (χ1v) is 7.13. The Morgan fingerprint density at radius 1 is 1.29 bits per heavy atom. The number of amides is 1. The molecule has 106 valence electrons. The molecule has 0 aliphatic heterocycles. The van der Waals surface area contributed by atoms with E-state index in [1.807, 2.05) is 6.07 Å². The molecule has 0 atom stereocenters. The van der Waals surface area contributed by atoms with Crippen molar-refractivity contribution in [3.63, 3.8) is 0 Å². The van der Waals surface area contributed by atoms with Crippen LogP contribution >= 0.6 is 27.5 Å². The van der Waals surface area contributed by atoms with Gasteiger partial charge in [0.15, 0.2) is 6.61 Å². The van der Waals surface area contributed by atoms with E-state index in [2.05, 4.69) is 21.2 Å². The quantitative estimate of drug-likeness (QED) is 0.891. The minimum atomic E-state index is -0.289. The van der Waals surface area contributed by atoms with Crippen molar-refractivity contribution < 1.29 is 9.53 Å². The maximum Gasteiger partial charge on any atom is 0.262 e. The molecule has 0 bridgehead atoms. The second-order valence-electron chi connectivity index (χ2n) is 4.10. The Kier molecular flexibility index (Phi) is 5.20. The van der Waals surface area contributed by atoms with Gasteiger partial charge in [0.25, 0.3) is 5.91 Å². The van der Waals surface area contributed by atoms with E-state index in [9.17, 15) is 4.79 Å². The molecule has 0 saturated carbocycles. The number of hydrogen-bond acceptors (Lipinski definition) is 3. The fourth-order valence-corrected chi connectivity index (χ4v) is 2.33. The van der Waals surface area contributed by atoms with Crippen LogP contribution < -0.4 is 10.1 Å². The third-order valence-corrected chi connectivity index (χ3v) is 3.45. The third-order valence-electron chi connectivity index (χ3n) is 2.56. The Morgan fingerprint density at radius 2 is 2.00 bits per heavy atom. The van der Waals surface area contributed by atoms with Crippen molar-refractivity contribution in [2.45, 2.75) is 0 Å². The zero-order chi connectivity index (χ0) is 15.2. The number of halogens is 2. The van der Waals surface area contributed by atoms with Crippen LogP contribution in [-0.4, -0.2) is 12.5 Å². The van der Waals surface area contributed by atoms with Gasteiger partial charge in [-0.3, -0.25) is 4.79 Å². The minimum absolute atomic E-state index is 0.124. The molecule has 0 aromatic heterocycles. The normalized spacial score (nSPS) is 9.76. The Labute approximate surface area is 135 Å². The summed E-state index contributed by atoms with van der Waals surface area (Å²) in [6.07, 6.45) is 0. The third kappa shape index (κ3) is 4.48. The van der Waals surface area contributed by atoms with Gasteiger partial charge in [-0.05, 0) is 58.4 Å². The first-order chi connectivity index (χ1) is 10.1. The molecule has 6 heteroatoms. The van der Waals surface area contributed by atoms with Crippen LogP contribution in [0.2, 0.25) is 5.02 Å². The van der Waals surface area contributed by atoms with Crippen molar-refractivity contribution >= 4 is 39.1 Å². The summed E-state index contributed by atoms with van der Waals surface area (Å²) in [6, 6.07) is 13.6. The smallest absolute Gasteiger partial charge is 0.262 e.